The molecule has 1 fully saturated rings. The monoisotopic (exact) mass is 380 g/mol. The molecular formula is C13H22Cl2N6OS. The summed E-state index contributed by atoms with van der Waals surface area (Å²) in [7, 11) is 0. The van der Waals surface area contributed by atoms with Gasteiger partial charge in [-0.2, -0.15) is 4.98 Å². The Morgan fingerprint density at radius 3 is 2.57 bits per heavy atom. The van der Waals surface area contributed by atoms with Crippen LogP contribution in [0.4, 0.5) is 5.13 Å². The average molecular weight is 381 g/mol. The summed E-state index contributed by atoms with van der Waals surface area (Å²) in [5.41, 5.74) is 5.47. The summed E-state index contributed by atoms with van der Waals surface area (Å²) in [5, 5.41) is 5.08. The highest BCUT2D eigenvalue weighted by Crippen LogP contribution is 2.24. The third-order valence-electron chi connectivity index (χ3n) is 3.58. The van der Waals surface area contributed by atoms with Crippen LogP contribution in [0, 0.1) is 0 Å². The van der Waals surface area contributed by atoms with E-state index in [1.54, 1.807) is 11.3 Å². The molecule has 1 saturated heterocycles. The van der Waals surface area contributed by atoms with Crippen LogP contribution in [0.1, 0.15) is 23.5 Å². The molecule has 2 aromatic rings. The molecule has 0 unspecified atom stereocenters. The molecule has 0 bridgehead atoms. The van der Waals surface area contributed by atoms with E-state index >= 15 is 0 Å². The maximum atomic E-state index is 5.47. The molecule has 130 valence electrons. The second kappa shape index (κ2) is 9.39. The Balaban J connectivity index is 0.00000132. The Morgan fingerprint density at radius 2 is 2.00 bits per heavy atom. The molecule has 0 amide bonds. The van der Waals surface area contributed by atoms with E-state index in [9.17, 15) is 0 Å². The SMILES string of the molecule is CCc1cnc(N2CCN(Cc3noc(CN)n3)CC2)s1.Cl.Cl. The molecule has 1 aliphatic rings. The fourth-order valence-electron chi connectivity index (χ4n) is 2.34. The van der Waals surface area contributed by atoms with Crippen molar-refractivity contribution in [2.75, 3.05) is 31.1 Å². The van der Waals surface area contributed by atoms with Gasteiger partial charge in [0.15, 0.2) is 11.0 Å². The van der Waals surface area contributed by atoms with Crippen molar-refractivity contribution in [1.29, 1.82) is 0 Å². The number of aromatic nitrogens is 3. The molecular weight excluding hydrogens is 359 g/mol. The fraction of sp³-hybridized carbons (Fsp3) is 0.615. The van der Waals surface area contributed by atoms with Crippen molar-refractivity contribution >= 4 is 41.3 Å². The van der Waals surface area contributed by atoms with Gasteiger partial charge in [0.25, 0.3) is 0 Å². The normalized spacial score (nSPS) is 15.1. The first-order valence-corrected chi connectivity index (χ1v) is 8.03. The zero-order chi connectivity index (χ0) is 14.7. The van der Waals surface area contributed by atoms with E-state index < -0.39 is 0 Å². The topological polar surface area (TPSA) is 84.3 Å². The van der Waals surface area contributed by atoms with E-state index in [0.29, 0.717) is 18.3 Å². The quantitative estimate of drug-likeness (QED) is 0.844. The Bertz CT molecular complexity index is 585. The van der Waals surface area contributed by atoms with Crippen molar-refractivity contribution in [3.05, 3.63) is 22.8 Å². The third-order valence-corrected chi connectivity index (χ3v) is 4.78. The summed E-state index contributed by atoms with van der Waals surface area (Å²) >= 11 is 1.79. The zero-order valence-corrected chi connectivity index (χ0v) is 15.4. The van der Waals surface area contributed by atoms with E-state index in [2.05, 4.69) is 31.8 Å². The minimum atomic E-state index is 0. The summed E-state index contributed by atoms with van der Waals surface area (Å²) in [5.74, 6) is 1.21. The zero-order valence-electron chi connectivity index (χ0n) is 13.0. The summed E-state index contributed by atoms with van der Waals surface area (Å²) in [6.45, 7) is 7.10. The van der Waals surface area contributed by atoms with Crippen molar-refractivity contribution in [3.8, 4) is 0 Å². The van der Waals surface area contributed by atoms with Crippen LogP contribution in [0.15, 0.2) is 10.7 Å². The van der Waals surface area contributed by atoms with Gasteiger partial charge in [-0.3, -0.25) is 4.90 Å². The molecule has 0 saturated carbocycles. The first-order chi connectivity index (χ1) is 10.3. The van der Waals surface area contributed by atoms with Crippen molar-refractivity contribution in [3.63, 3.8) is 0 Å². The molecule has 0 spiro atoms. The molecule has 0 aromatic carbocycles. The van der Waals surface area contributed by atoms with Crippen LogP contribution in [-0.2, 0) is 19.5 Å². The van der Waals surface area contributed by atoms with Gasteiger partial charge in [-0.25, -0.2) is 4.98 Å². The molecule has 7 nitrogen and oxygen atoms in total. The highest BCUT2D eigenvalue weighted by molar-refractivity contribution is 7.15. The Morgan fingerprint density at radius 1 is 1.26 bits per heavy atom. The van der Waals surface area contributed by atoms with Crippen LogP contribution < -0.4 is 10.6 Å². The van der Waals surface area contributed by atoms with E-state index in [-0.39, 0.29) is 24.8 Å². The van der Waals surface area contributed by atoms with Gasteiger partial charge in [-0.1, -0.05) is 12.1 Å². The van der Waals surface area contributed by atoms with Crippen LogP contribution in [0.25, 0.3) is 0 Å². The molecule has 0 atom stereocenters. The van der Waals surface area contributed by atoms with Gasteiger partial charge < -0.3 is 15.2 Å². The van der Waals surface area contributed by atoms with Gasteiger partial charge in [-0.15, -0.1) is 36.2 Å². The lowest BCUT2D eigenvalue weighted by Gasteiger charge is -2.33. The van der Waals surface area contributed by atoms with Crippen LogP contribution in [0.3, 0.4) is 0 Å². The van der Waals surface area contributed by atoms with Gasteiger partial charge in [0.05, 0.1) is 13.1 Å². The van der Waals surface area contributed by atoms with Gasteiger partial charge in [0.2, 0.25) is 5.89 Å². The first-order valence-electron chi connectivity index (χ1n) is 7.22. The molecule has 2 N–H and O–H groups in total. The van der Waals surface area contributed by atoms with Gasteiger partial charge >= 0.3 is 0 Å². The summed E-state index contributed by atoms with van der Waals surface area (Å²) in [4.78, 5) is 14.8. The molecule has 3 heterocycles. The number of hydrogen-bond donors (Lipinski definition) is 1. The number of anilines is 1. The van der Waals surface area contributed by atoms with Crippen molar-refractivity contribution < 1.29 is 4.52 Å². The second-order valence-corrected chi connectivity index (χ2v) is 6.13. The molecule has 2 aromatic heterocycles. The number of thiazole rings is 1. The van der Waals surface area contributed by atoms with Crippen LogP contribution in [-0.4, -0.2) is 46.2 Å². The van der Waals surface area contributed by atoms with Crippen LogP contribution >= 0.6 is 36.2 Å². The lowest BCUT2D eigenvalue weighted by molar-refractivity contribution is 0.240. The largest absolute Gasteiger partial charge is 0.346 e. The summed E-state index contributed by atoms with van der Waals surface area (Å²) < 4.78 is 5.03. The minimum absolute atomic E-state index is 0. The van der Waals surface area contributed by atoms with Crippen LogP contribution in [0.2, 0.25) is 0 Å². The molecule has 1 aliphatic heterocycles. The predicted molar refractivity (Wildman–Crippen MR) is 95.7 cm³/mol. The van der Waals surface area contributed by atoms with E-state index in [4.69, 9.17) is 10.3 Å². The number of piperazine rings is 1. The van der Waals surface area contributed by atoms with E-state index in [1.807, 2.05) is 6.20 Å². The minimum Gasteiger partial charge on any atom is -0.346 e. The lowest BCUT2D eigenvalue weighted by atomic mass is 10.3. The molecule has 0 aliphatic carbocycles. The molecule has 0 radical (unpaired) electrons. The third kappa shape index (κ3) is 5.02. The van der Waals surface area contributed by atoms with E-state index in [0.717, 1.165) is 44.3 Å². The Labute approximate surface area is 152 Å². The highest BCUT2D eigenvalue weighted by Gasteiger charge is 2.20. The van der Waals surface area contributed by atoms with Crippen molar-refractivity contribution in [1.82, 2.24) is 20.0 Å². The maximum Gasteiger partial charge on any atom is 0.240 e. The molecule has 23 heavy (non-hydrogen) atoms. The number of nitrogens with zero attached hydrogens (tertiary/aromatic N) is 5. The second-order valence-electron chi connectivity index (χ2n) is 5.03. The first kappa shape index (κ1) is 20.1. The number of halogens is 2. The predicted octanol–water partition coefficient (Wildman–Crippen LogP) is 1.71. The number of aryl methyl sites for hydroxylation is 1. The number of hydrogen-bond acceptors (Lipinski definition) is 8. The Hall–Kier alpha value is -0.930. The Kier molecular flexibility index (Phi) is 8.21. The lowest BCUT2D eigenvalue weighted by Crippen LogP contribution is -2.46. The maximum absolute atomic E-state index is 5.47. The standard InChI is InChI=1S/C13H20N6OS.2ClH/c1-2-10-8-15-13(21-10)19-5-3-18(4-6-19)9-11-16-12(7-14)20-17-11;;/h8H,2-7,9,14H2,1H3;2*1H. The van der Waals surface area contributed by atoms with E-state index in [1.165, 1.54) is 4.88 Å². The smallest absolute Gasteiger partial charge is 0.240 e. The van der Waals surface area contributed by atoms with Crippen LogP contribution in [0.5, 0.6) is 0 Å². The molecule has 3 rings (SSSR count). The number of rotatable bonds is 5. The van der Waals surface area contributed by atoms with Gasteiger partial charge in [0, 0.05) is 37.3 Å². The fourth-order valence-corrected chi connectivity index (χ4v) is 3.24. The highest BCUT2D eigenvalue weighted by atomic mass is 35.5. The van der Waals surface area contributed by atoms with Gasteiger partial charge in [-0.05, 0) is 6.42 Å². The average Bonchev–Trinajstić information content (AvgIpc) is 3.17. The summed E-state index contributed by atoms with van der Waals surface area (Å²) in [6.07, 6.45) is 3.04. The van der Waals surface area contributed by atoms with Crippen molar-refractivity contribution in [2.45, 2.75) is 26.4 Å². The number of nitrogens with two attached hydrogens (primary N) is 1. The van der Waals surface area contributed by atoms with Crippen molar-refractivity contribution in [2.24, 2.45) is 5.73 Å². The molecule has 10 heteroatoms. The van der Waals surface area contributed by atoms with Gasteiger partial charge in [0.1, 0.15) is 0 Å². The summed E-state index contributed by atoms with van der Waals surface area (Å²) in [6, 6.07) is 0.